The molecule has 0 aliphatic rings. The van der Waals surface area contributed by atoms with E-state index in [2.05, 4.69) is 5.32 Å². The van der Waals surface area contributed by atoms with Gasteiger partial charge in [0.05, 0.1) is 18.4 Å². The molecule has 3 aromatic carbocycles. The second kappa shape index (κ2) is 10.3. The Balaban J connectivity index is 1.73. The molecule has 7 heteroatoms. The number of carbonyl (C=O) groups is 2. The molecule has 0 heterocycles. The van der Waals surface area contributed by atoms with Gasteiger partial charge in [-0.05, 0) is 41.5 Å². The first-order valence-electron chi connectivity index (χ1n) is 9.33. The van der Waals surface area contributed by atoms with Crippen molar-refractivity contribution in [2.45, 2.75) is 6.61 Å². The number of carboxylic acids is 1. The molecule has 0 spiro atoms. The van der Waals surface area contributed by atoms with E-state index in [0.717, 1.165) is 5.56 Å². The summed E-state index contributed by atoms with van der Waals surface area (Å²) in [6.07, 6.45) is 1.46. The van der Waals surface area contributed by atoms with Crippen LogP contribution in [-0.4, -0.2) is 24.1 Å². The molecule has 3 rings (SSSR count). The Morgan fingerprint density at radius 1 is 1.00 bits per heavy atom. The lowest BCUT2D eigenvalue weighted by Gasteiger charge is -2.12. The highest BCUT2D eigenvalue weighted by atomic mass is 35.5. The van der Waals surface area contributed by atoms with E-state index in [-0.39, 0.29) is 16.3 Å². The van der Waals surface area contributed by atoms with Crippen LogP contribution in [0.3, 0.4) is 0 Å². The normalized spacial score (nSPS) is 11.0. The van der Waals surface area contributed by atoms with Crippen molar-refractivity contribution < 1.29 is 24.2 Å². The summed E-state index contributed by atoms with van der Waals surface area (Å²) in [5, 5.41) is 11.6. The number of methoxy groups -OCH3 is 1. The van der Waals surface area contributed by atoms with Crippen LogP contribution in [0, 0.1) is 0 Å². The number of carboxylic acid groups (broad SMARTS) is 1. The topological polar surface area (TPSA) is 84.9 Å². The number of ether oxygens (including phenoxy) is 2. The number of carbonyl (C=O) groups excluding carboxylic acids is 1. The fourth-order valence-corrected chi connectivity index (χ4v) is 2.97. The zero-order valence-electron chi connectivity index (χ0n) is 16.7. The van der Waals surface area contributed by atoms with Crippen LogP contribution in [0.1, 0.15) is 21.5 Å². The molecule has 0 bridgehead atoms. The van der Waals surface area contributed by atoms with Crippen molar-refractivity contribution in [1.82, 2.24) is 0 Å². The number of rotatable bonds is 8. The molecule has 0 radical (unpaired) electrons. The first-order valence-corrected chi connectivity index (χ1v) is 9.71. The van der Waals surface area contributed by atoms with Crippen molar-refractivity contribution in [2.24, 2.45) is 0 Å². The van der Waals surface area contributed by atoms with Crippen LogP contribution in [0.15, 0.2) is 77.8 Å². The molecule has 0 atom stereocenters. The second-order valence-electron chi connectivity index (χ2n) is 6.48. The Kier molecular flexibility index (Phi) is 7.30. The van der Waals surface area contributed by atoms with Gasteiger partial charge in [0.25, 0.3) is 5.91 Å². The lowest BCUT2D eigenvalue weighted by Crippen LogP contribution is -2.14. The molecule has 0 fully saturated rings. The van der Waals surface area contributed by atoms with Gasteiger partial charge in [-0.2, -0.15) is 0 Å². The van der Waals surface area contributed by atoms with E-state index >= 15 is 0 Å². The number of hydrogen-bond acceptors (Lipinski definition) is 4. The van der Waals surface area contributed by atoms with Crippen LogP contribution >= 0.6 is 11.6 Å². The molecular weight excluding hydrogens is 418 g/mol. The Morgan fingerprint density at radius 2 is 1.71 bits per heavy atom. The molecule has 0 saturated carbocycles. The van der Waals surface area contributed by atoms with Crippen LogP contribution in [0.4, 0.5) is 5.69 Å². The van der Waals surface area contributed by atoms with Crippen LogP contribution in [0.5, 0.6) is 11.5 Å². The largest absolute Gasteiger partial charge is 0.493 e. The third-order valence-corrected chi connectivity index (χ3v) is 4.62. The highest BCUT2D eigenvalue weighted by molar-refractivity contribution is 6.45. The van der Waals surface area contributed by atoms with Crippen molar-refractivity contribution in [1.29, 1.82) is 0 Å². The van der Waals surface area contributed by atoms with Crippen LogP contribution in [0.25, 0.3) is 6.08 Å². The van der Waals surface area contributed by atoms with Crippen LogP contribution in [-0.2, 0) is 11.4 Å². The van der Waals surface area contributed by atoms with E-state index in [0.29, 0.717) is 23.7 Å². The molecular formula is C24H20ClNO5. The SMILES string of the molecule is COc1cc(C=C(Cl)C(=O)Nc2ccccc2C(=O)O)ccc1OCc1ccccc1. The summed E-state index contributed by atoms with van der Waals surface area (Å²) in [5.41, 5.74) is 1.78. The fraction of sp³-hybridized carbons (Fsp3) is 0.0833. The average molecular weight is 438 g/mol. The van der Waals surface area contributed by atoms with Crippen molar-refractivity contribution in [3.05, 3.63) is 94.5 Å². The third kappa shape index (κ3) is 5.87. The number of halogens is 1. The molecule has 0 saturated heterocycles. The molecule has 2 N–H and O–H groups in total. The zero-order valence-corrected chi connectivity index (χ0v) is 17.4. The minimum Gasteiger partial charge on any atom is -0.493 e. The van der Waals surface area contributed by atoms with Crippen molar-refractivity contribution in [3.8, 4) is 11.5 Å². The number of hydrogen-bond donors (Lipinski definition) is 2. The number of nitrogens with one attached hydrogen (secondary N) is 1. The van der Waals surface area contributed by atoms with Gasteiger partial charge in [0.1, 0.15) is 11.6 Å². The predicted molar refractivity (Wildman–Crippen MR) is 120 cm³/mol. The molecule has 158 valence electrons. The highest BCUT2D eigenvalue weighted by Crippen LogP contribution is 2.30. The highest BCUT2D eigenvalue weighted by Gasteiger charge is 2.14. The molecule has 0 aliphatic heterocycles. The summed E-state index contributed by atoms with van der Waals surface area (Å²) in [7, 11) is 1.52. The van der Waals surface area contributed by atoms with Gasteiger partial charge in [-0.3, -0.25) is 4.79 Å². The molecule has 3 aromatic rings. The molecule has 31 heavy (non-hydrogen) atoms. The summed E-state index contributed by atoms with van der Waals surface area (Å²) in [4.78, 5) is 23.7. The summed E-state index contributed by atoms with van der Waals surface area (Å²) in [5.74, 6) is -0.726. The lowest BCUT2D eigenvalue weighted by atomic mass is 10.1. The monoisotopic (exact) mass is 437 g/mol. The number of aromatic carboxylic acids is 1. The number of benzene rings is 3. The Hall–Kier alpha value is -3.77. The fourth-order valence-electron chi connectivity index (χ4n) is 2.80. The van der Waals surface area contributed by atoms with Crippen molar-refractivity contribution in [3.63, 3.8) is 0 Å². The second-order valence-corrected chi connectivity index (χ2v) is 6.89. The van der Waals surface area contributed by atoms with E-state index in [4.69, 9.17) is 21.1 Å². The Bertz CT molecular complexity index is 1110. The maximum Gasteiger partial charge on any atom is 0.337 e. The van der Waals surface area contributed by atoms with Gasteiger partial charge in [-0.1, -0.05) is 60.1 Å². The first-order chi connectivity index (χ1) is 15.0. The molecule has 6 nitrogen and oxygen atoms in total. The summed E-state index contributed by atoms with van der Waals surface area (Å²) < 4.78 is 11.2. The zero-order chi connectivity index (χ0) is 22.2. The van der Waals surface area contributed by atoms with Gasteiger partial charge < -0.3 is 19.9 Å². The molecule has 0 aromatic heterocycles. The average Bonchev–Trinajstić information content (AvgIpc) is 2.79. The van der Waals surface area contributed by atoms with Crippen LogP contribution < -0.4 is 14.8 Å². The maximum absolute atomic E-state index is 12.4. The summed E-state index contributed by atoms with van der Waals surface area (Å²) in [6.45, 7) is 0.387. The molecule has 0 unspecified atom stereocenters. The Labute approximate surface area is 184 Å². The molecule has 1 amide bonds. The predicted octanol–water partition coefficient (Wildman–Crippen LogP) is 5.19. The summed E-state index contributed by atoms with van der Waals surface area (Å²) in [6, 6.07) is 21.0. The van der Waals surface area contributed by atoms with E-state index < -0.39 is 11.9 Å². The quantitative estimate of drug-likeness (QED) is 0.474. The van der Waals surface area contributed by atoms with Gasteiger partial charge >= 0.3 is 5.97 Å². The van der Waals surface area contributed by atoms with Crippen molar-refractivity contribution >= 4 is 35.2 Å². The van der Waals surface area contributed by atoms with Gasteiger partial charge in [0, 0.05) is 0 Å². The van der Waals surface area contributed by atoms with E-state index in [1.807, 2.05) is 30.3 Å². The minimum atomic E-state index is -1.15. The van der Waals surface area contributed by atoms with E-state index in [1.54, 1.807) is 30.3 Å². The Morgan fingerprint density at radius 3 is 2.42 bits per heavy atom. The smallest absolute Gasteiger partial charge is 0.337 e. The lowest BCUT2D eigenvalue weighted by molar-refractivity contribution is -0.112. The minimum absolute atomic E-state index is 0.0260. The van der Waals surface area contributed by atoms with Crippen LogP contribution in [0.2, 0.25) is 0 Å². The van der Waals surface area contributed by atoms with E-state index in [9.17, 15) is 14.7 Å². The first kappa shape index (κ1) is 21.9. The standard InChI is InChI=1S/C24H20ClNO5/c1-30-22-14-17(11-12-21(22)31-15-16-7-3-2-4-8-16)13-19(25)23(27)26-20-10-6-5-9-18(20)24(28)29/h2-14H,15H2,1H3,(H,26,27)(H,28,29). The van der Waals surface area contributed by atoms with Crippen molar-refractivity contribution in [2.75, 3.05) is 12.4 Å². The number of anilines is 1. The van der Waals surface area contributed by atoms with E-state index in [1.165, 1.54) is 25.3 Å². The summed E-state index contributed by atoms with van der Waals surface area (Å²) >= 11 is 6.15. The number of amides is 1. The van der Waals surface area contributed by atoms with Gasteiger partial charge in [0.15, 0.2) is 11.5 Å². The number of para-hydroxylation sites is 1. The van der Waals surface area contributed by atoms with Gasteiger partial charge in [0.2, 0.25) is 0 Å². The third-order valence-electron chi connectivity index (χ3n) is 4.34. The molecule has 0 aliphatic carbocycles. The van der Waals surface area contributed by atoms with Gasteiger partial charge in [-0.25, -0.2) is 4.79 Å². The van der Waals surface area contributed by atoms with Gasteiger partial charge in [-0.15, -0.1) is 0 Å². The maximum atomic E-state index is 12.4.